The van der Waals surface area contributed by atoms with E-state index in [0.717, 1.165) is 16.5 Å². The fourth-order valence-corrected chi connectivity index (χ4v) is 1.83. The molecule has 1 amide bonds. The topological polar surface area (TPSA) is 51.2 Å². The molecule has 1 aromatic carbocycles. The predicted octanol–water partition coefficient (Wildman–Crippen LogP) is 2.77. The molecule has 0 radical (unpaired) electrons. The molecule has 0 saturated heterocycles. The van der Waals surface area contributed by atoms with Crippen molar-refractivity contribution in [1.82, 2.24) is 10.3 Å². The maximum absolute atomic E-state index is 12.6. The van der Waals surface area contributed by atoms with Crippen LogP contribution in [0.4, 0.5) is 17.6 Å². The molecule has 0 bridgehead atoms. The van der Waals surface area contributed by atoms with Crippen molar-refractivity contribution in [1.29, 1.82) is 0 Å². The molecule has 0 aliphatic rings. The highest BCUT2D eigenvalue weighted by Gasteiger charge is 2.41. The van der Waals surface area contributed by atoms with Crippen LogP contribution in [0, 0.1) is 0 Å². The Kier molecular flexibility index (Phi) is 5.49. The Morgan fingerprint density at radius 1 is 1.30 bits per heavy atom. The summed E-state index contributed by atoms with van der Waals surface area (Å²) in [6, 6.07) is 9.03. The van der Waals surface area contributed by atoms with Gasteiger partial charge in [-0.3, -0.25) is 9.78 Å². The van der Waals surface area contributed by atoms with Gasteiger partial charge < -0.3 is 10.1 Å². The number of carbonyl (C=O) groups is 1. The Bertz CT molecular complexity index is 679. The largest absolute Gasteiger partial charge is 0.365 e. The molecule has 124 valence electrons. The van der Waals surface area contributed by atoms with Gasteiger partial charge in [-0.15, -0.1) is 0 Å². The molecular weight excluding hydrogens is 316 g/mol. The predicted molar refractivity (Wildman–Crippen MR) is 75.4 cm³/mol. The first kappa shape index (κ1) is 17.1. The number of ether oxygens (including phenoxy) is 1. The molecule has 4 nitrogen and oxygen atoms in total. The summed E-state index contributed by atoms with van der Waals surface area (Å²) in [6.45, 7) is -2.05. The van der Waals surface area contributed by atoms with E-state index in [2.05, 4.69) is 15.0 Å². The third kappa shape index (κ3) is 4.88. The van der Waals surface area contributed by atoms with Gasteiger partial charge in [-0.05, 0) is 23.8 Å². The van der Waals surface area contributed by atoms with Crippen LogP contribution in [0.2, 0.25) is 0 Å². The second-order valence-corrected chi connectivity index (χ2v) is 4.86. The van der Waals surface area contributed by atoms with E-state index in [-0.39, 0.29) is 6.54 Å². The number of aromatic nitrogens is 1. The first-order valence-electron chi connectivity index (χ1n) is 6.72. The molecule has 1 N–H and O–H groups in total. The lowest BCUT2D eigenvalue weighted by Crippen LogP contribution is -2.35. The van der Waals surface area contributed by atoms with Crippen LogP contribution in [0.15, 0.2) is 36.5 Å². The van der Waals surface area contributed by atoms with E-state index in [1.807, 2.05) is 12.1 Å². The van der Waals surface area contributed by atoms with Crippen molar-refractivity contribution in [3.05, 3.63) is 42.1 Å². The summed E-state index contributed by atoms with van der Waals surface area (Å²) in [6.07, 6.45) is -2.16. The number of alkyl halides is 4. The van der Waals surface area contributed by atoms with Gasteiger partial charge in [-0.1, -0.05) is 12.1 Å². The summed E-state index contributed by atoms with van der Waals surface area (Å²) in [5, 5.41) is 3.36. The summed E-state index contributed by atoms with van der Waals surface area (Å²) in [5.74, 6) is -4.92. The Morgan fingerprint density at radius 2 is 2.09 bits per heavy atom. The molecule has 0 saturated carbocycles. The van der Waals surface area contributed by atoms with Crippen molar-refractivity contribution in [3.8, 4) is 0 Å². The quantitative estimate of drug-likeness (QED) is 0.794. The molecule has 1 aromatic heterocycles. The fraction of sp³-hybridized carbons (Fsp3) is 0.333. The number of nitrogens with zero attached hydrogens (tertiary/aromatic N) is 1. The first-order chi connectivity index (χ1) is 10.9. The van der Waals surface area contributed by atoms with Crippen LogP contribution in [0.3, 0.4) is 0 Å². The number of amides is 1. The number of pyridine rings is 1. The second-order valence-electron chi connectivity index (χ2n) is 4.86. The fourth-order valence-electron chi connectivity index (χ4n) is 1.83. The lowest BCUT2D eigenvalue weighted by molar-refractivity contribution is -0.168. The molecule has 8 heteroatoms. The molecule has 0 aliphatic heterocycles. The van der Waals surface area contributed by atoms with Gasteiger partial charge in [0.15, 0.2) is 0 Å². The Morgan fingerprint density at radius 3 is 2.83 bits per heavy atom. The van der Waals surface area contributed by atoms with Gasteiger partial charge in [0.2, 0.25) is 5.91 Å². The minimum Gasteiger partial charge on any atom is -0.365 e. The van der Waals surface area contributed by atoms with E-state index >= 15 is 0 Å². The zero-order valence-electron chi connectivity index (χ0n) is 11.9. The SMILES string of the molecule is O=C(COCC(F)(F)C(F)F)NCc1ccc2ncccc2c1. The molecule has 0 atom stereocenters. The number of nitrogens with one attached hydrogen (secondary N) is 1. The van der Waals surface area contributed by atoms with Crippen LogP contribution in [0.1, 0.15) is 5.56 Å². The number of hydrogen-bond acceptors (Lipinski definition) is 3. The standard InChI is InChI=1S/C15H14F4N2O2/c16-14(17)15(18,19)9-23-8-13(22)21-7-10-3-4-12-11(6-10)2-1-5-20-12/h1-6,14H,7-9H2,(H,21,22). The average molecular weight is 330 g/mol. The lowest BCUT2D eigenvalue weighted by atomic mass is 10.1. The molecule has 0 unspecified atom stereocenters. The third-order valence-electron chi connectivity index (χ3n) is 3.00. The van der Waals surface area contributed by atoms with Gasteiger partial charge in [-0.25, -0.2) is 8.78 Å². The number of carbonyl (C=O) groups excluding carboxylic acids is 1. The second kappa shape index (κ2) is 7.36. The van der Waals surface area contributed by atoms with Crippen molar-refractivity contribution >= 4 is 16.8 Å². The lowest BCUT2D eigenvalue weighted by Gasteiger charge is -2.15. The summed E-state index contributed by atoms with van der Waals surface area (Å²) >= 11 is 0. The number of fused-ring (bicyclic) bond motifs is 1. The number of benzene rings is 1. The normalized spacial score (nSPS) is 11.9. The number of halogens is 4. The van der Waals surface area contributed by atoms with Crippen molar-refractivity contribution < 1.29 is 27.1 Å². The van der Waals surface area contributed by atoms with Crippen LogP contribution >= 0.6 is 0 Å². The summed E-state index contributed by atoms with van der Waals surface area (Å²) in [4.78, 5) is 15.6. The molecule has 1 heterocycles. The zero-order valence-corrected chi connectivity index (χ0v) is 11.9. The number of rotatable bonds is 7. The van der Waals surface area contributed by atoms with Crippen LogP contribution in [0.25, 0.3) is 10.9 Å². The highest BCUT2D eigenvalue weighted by atomic mass is 19.3. The minimum absolute atomic E-state index is 0.165. The van der Waals surface area contributed by atoms with E-state index in [1.165, 1.54) is 0 Å². The van der Waals surface area contributed by atoms with Crippen LogP contribution < -0.4 is 5.32 Å². The Hall–Kier alpha value is -2.22. The summed E-state index contributed by atoms with van der Waals surface area (Å²) < 4.78 is 53.3. The van der Waals surface area contributed by atoms with Crippen LogP contribution in [-0.4, -0.2) is 36.5 Å². The smallest absolute Gasteiger partial charge is 0.330 e. The van der Waals surface area contributed by atoms with Gasteiger partial charge >= 0.3 is 12.3 Å². The molecule has 0 spiro atoms. The maximum Gasteiger partial charge on any atom is 0.330 e. The van der Waals surface area contributed by atoms with Crippen molar-refractivity contribution in [2.45, 2.75) is 18.9 Å². The van der Waals surface area contributed by atoms with E-state index in [1.54, 1.807) is 24.4 Å². The van der Waals surface area contributed by atoms with Crippen molar-refractivity contribution in [3.63, 3.8) is 0 Å². The van der Waals surface area contributed by atoms with E-state index < -0.39 is 31.5 Å². The Balaban J connectivity index is 1.79. The molecule has 2 rings (SSSR count). The number of hydrogen-bond donors (Lipinski definition) is 1. The van der Waals surface area contributed by atoms with Gasteiger partial charge in [0.1, 0.15) is 13.2 Å². The molecular formula is C15H14F4N2O2. The third-order valence-corrected chi connectivity index (χ3v) is 3.00. The molecule has 23 heavy (non-hydrogen) atoms. The van der Waals surface area contributed by atoms with E-state index in [9.17, 15) is 22.4 Å². The van der Waals surface area contributed by atoms with Gasteiger partial charge in [0.25, 0.3) is 0 Å². The monoisotopic (exact) mass is 330 g/mol. The maximum atomic E-state index is 12.6. The highest BCUT2D eigenvalue weighted by molar-refractivity contribution is 5.79. The highest BCUT2D eigenvalue weighted by Crippen LogP contribution is 2.22. The molecule has 2 aromatic rings. The van der Waals surface area contributed by atoms with Crippen molar-refractivity contribution in [2.24, 2.45) is 0 Å². The van der Waals surface area contributed by atoms with Gasteiger partial charge in [0, 0.05) is 18.1 Å². The summed E-state index contributed by atoms with van der Waals surface area (Å²) in [7, 11) is 0. The summed E-state index contributed by atoms with van der Waals surface area (Å²) in [5.41, 5.74) is 1.59. The Labute approximate surface area is 129 Å². The van der Waals surface area contributed by atoms with Crippen LogP contribution in [0.5, 0.6) is 0 Å². The molecule has 0 fully saturated rings. The van der Waals surface area contributed by atoms with E-state index in [4.69, 9.17) is 0 Å². The van der Waals surface area contributed by atoms with Crippen LogP contribution in [-0.2, 0) is 16.1 Å². The zero-order chi connectivity index (χ0) is 16.9. The minimum atomic E-state index is -4.26. The first-order valence-corrected chi connectivity index (χ1v) is 6.72. The van der Waals surface area contributed by atoms with E-state index in [0.29, 0.717) is 0 Å². The van der Waals surface area contributed by atoms with Gasteiger partial charge in [0.05, 0.1) is 5.52 Å². The average Bonchev–Trinajstić information content (AvgIpc) is 2.52. The van der Waals surface area contributed by atoms with Crippen molar-refractivity contribution in [2.75, 3.05) is 13.2 Å². The molecule has 0 aliphatic carbocycles. The van der Waals surface area contributed by atoms with Gasteiger partial charge in [-0.2, -0.15) is 8.78 Å².